The average Bonchev–Trinajstić information content (AvgIpc) is 2.32. The van der Waals surface area contributed by atoms with Crippen LogP contribution in [0.4, 0.5) is 4.39 Å². The molecule has 0 N–H and O–H groups in total. The number of rotatable bonds is 2. The molecule has 0 spiro atoms. The smallest absolute Gasteiger partial charge is 0.123 e. The molecule has 1 aliphatic heterocycles. The maximum atomic E-state index is 13.3. The largest absolute Gasteiger partial charge is 0.297 e. The van der Waals surface area contributed by atoms with Crippen molar-refractivity contribution in [3.8, 4) is 0 Å². The summed E-state index contributed by atoms with van der Waals surface area (Å²) in [5, 5.41) is 0. The van der Waals surface area contributed by atoms with Crippen LogP contribution in [0.15, 0.2) is 18.2 Å². The van der Waals surface area contributed by atoms with E-state index in [1.807, 2.05) is 6.07 Å². The zero-order chi connectivity index (χ0) is 11.5. The molecule has 2 heteroatoms. The normalized spacial score (nSPS) is 19.7. The molecular weight excluding hydrogens is 201 g/mol. The molecule has 1 saturated heterocycles. The van der Waals surface area contributed by atoms with E-state index in [0.717, 1.165) is 18.7 Å². The lowest BCUT2D eigenvalue weighted by Crippen LogP contribution is -2.32. The summed E-state index contributed by atoms with van der Waals surface area (Å²) in [6.07, 6.45) is 3.89. The van der Waals surface area contributed by atoms with Crippen LogP contribution >= 0.6 is 0 Å². The predicted molar refractivity (Wildman–Crippen MR) is 65.0 cm³/mol. The van der Waals surface area contributed by atoms with Gasteiger partial charge in [0.05, 0.1) is 0 Å². The topological polar surface area (TPSA) is 3.24 Å². The highest BCUT2D eigenvalue weighted by molar-refractivity contribution is 5.29. The average molecular weight is 221 g/mol. The summed E-state index contributed by atoms with van der Waals surface area (Å²) in [6, 6.07) is 5.46. The van der Waals surface area contributed by atoms with Gasteiger partial charge in [-0.3, -0.25) is 4.90 Å². The van der Waals surface area contributed by atoms with E-state index in [1.54, 1.807) is 12.1 Å². The molecule has 0 aliphatic carbocycles. The molecule has 88 valence electrons. The predicted octanol–water partition coefficient (Wildman–Crippen LogP) is 3.68. The van der Waals surface area contributed by atoms with Gasteiger partial charge in [-0.05, 0) is 63.0 Å². The molecule has 0 amide bonds. The molecule has 1 nitrogen and oxygen atoms in total. The Morgan fingerprint density at radius 2 is 1.88 bits per heavy atom. The number of hydrogen-bond donors (Lipinski definition) is 0. The molecule has 1 aromatic rings. The van der Waals surface area contributed by atoms with Crippen molar-refractivity contribution in [2.45, 2.75) is 39.2 Å². The quantitative estimate of drug-likeness (QED) is 0.736. The summed E-state index contributed by atoms with van der Waals surface area (Å²) in [5.41, 5.74) is 2.33. The Kier molecular flexibility index (Phi) is 3.59. The van der Waals surface area contributed by atoms with Crippen molar-refractivity contribution in [2.75, 3.05) is 13.1 Å². The van der Waals surface area contributed by atoms with Gasteiger partial charge in [0, 0.05) is 6.04 Å². The van der Waals surface area contributed by atoms with Crippen molar-refractivity contribution in [1.82, 2.24) is 4.90 Å². The second-order valence-electron chi connectivity index (χ2n) is 4.77. The lowest BCUT2D eigenvalue weighted by Gasteiger charge is -2.33. The van der Waals surface area contributed by atoms with Crippen LogP contribution in [0.5, 0.6) is 0 Å². The molecule has 1 aliphatic rings. The van der Waals surface area contributed by atoms with E-state index in [2.05, 4.69) is 18.7 Å². The number of hydrogen-bond acceptors (Lipinski definition) is 1. The number of halogens is 1. The van der Waals surface area contributed by atoms with Crippen LogP contribution in [0.1, 0.15) is 43.4 Å². The Balaban J connectivity index is 2.18. The number of likely N-dealkylation sites (tertiary alicyclic amines) is 1. The molecule has 2 rings (SSSR count). The van der Waals surface area contributed by atoms with E-state index in [4.69, 9.17) is 0 Å². The molecule has 1 fully saturated rings. The van der Waals surface area contributed by atoms with Crippen LogP contribution < -0.4 is 0 Å². The lowest BCUT2D eigenvalue weighted by molar-refractivity contribution is 0.174. The number of aryl methyl sites for hydroxylation is 1. The van der Waals surface area contributed by atoms with Crippen molar-refractivity contribution in [3.05, 3.63) is 35.1 Å². The van der Waals surface area contributed by atoms with E-state index in [-0.39, 0.29) is 5.82 Å². The van der Waals surface area contributed by atoms with E-state index in [9.17, 15) is 4.39 Å². The summed E-state index contributed by atoms with van der Waals surface area (Å²) in [7, 11) is 0. The van der Waals surface area contributed by atoms with E-state index < -0.39 is 0 Å². The Labute approximate surface area is 97.3 Å². The first-order valence-electron chi connectivity index (χ1n) is 6.18. The fraction of sp³-hybridized carbons (Fsp3) is 0.571. The molecule has 16 heavy (non-hydrogen) atoms. The van der Waals surface area contributed by atoms with Gasteiger partial charge in [0.25, 0.3) is 0 Å². The summed E-state index contributed by atoms with van der Waals surface area (Å²) < 4.78 is 13.3. The van der Waals surface area contributed by atoms with Crippen LogP contribution in [0.2, 0.25) is 0 Å². The van der Waals surface area contributed by atoms with Gasteiger partial charge in [0.1, 0.15) is 5.82 Å². The molecule has 0 saturated carbocycles. The minimum Gasteiger partial charge on any atom is -0.297 e. The van der Waals surface area contributed by atoms with E-state index >= 15 is 0 Å². The molecule has 0 radical (unpaired) electrons. The summed E-state index contributed by atoms with van der Waals surface area (Å²) in [6.45, 7) is 6.55. The Hall–Kier alpha value is -0.890. The zero-order valence-corrected chi connectivity index (χ0v) is 10.2. The van der Waals surface area contributed by atoms with Gasteiger partial charge in [-0.2, -0.15) is 0 Å². The first-order valence-corrected chi connectivity index (χ1v) is 6.18. The minimum atomic E-state index is -0.121. The third kappa shape index (κ3) is 2.43. The molecule has 1 atom stereocenters. The third-order valence-corrected chi connectivity index (χ3v) is 3.63. The highest BCUT2D eigenvalue weighted by atomic mass is 19.1. The standard InChI is InChI=1S/C14H20FN/c1-11-6-7-13(15)10-14(11)12(2)16-8-4-3-5-9-16/h6-7,10,12H,3-5,8-9H2,1-2H3. The Morgan fingerprint density at radius 3 is 2.56 bits per heavy atom. The second kappa shape index (κ2) is 4.96. The van der Waals surface area contributed by atoms with Crippen molar-refractivity contribution >= 4 is 0 Å². The molecule has 1 unspecified atom stereocenters. The van der Waals surface area contributed by atoms with Crippen LogP contribution in [0.3, 0.4) is 0 Å². The number of piperidine rings is 1. The first kappa shape index (κ1) is 11.6. The molecule has 1 aromatic carbocycles. The SMILES string of the molecule is Cc1ccc(F)cc1C(C)N1CCCCC1. The van der Waals surface area contributed by atoms with Crippen LogP contribution in [-0.2, 0) is 0 Å². The zero-order valence-electron chi connectivity index (χ0n) is 10.2. The van der Waals surface area contributed by atoms with Crippen LogP contribution in [-0.4, -0.2) is 18.0 Å². The van der Waals surface area contributed by atoms with Gasteiger partial charge in [-0.25, -0.2) is 4.39 Å². The van der Waals surface area contributed by atoms with Crippen LogP contribution in [0, 0.1) is 12.7 Å². The van der Waals surface area contributed by atoms with Crippen molar-refractivity contribution in [1.29, 1.82) is 0 Å². The summed E-state index contributed by atoms with van der Waals surface area (Å²) in [4.78, 5) is 2.46. The van der Waals surface area contributed by atoms with Gasteiger partial charge in [-0.1, -0.05) is 12.5 Å². The summed E-state index contributed by atoms with van der Waals surface area (Å²) >= 11 is 0. The number of benzene rings is 1. The van der Waals surface area contributed by atoms with E-state index in [0.29, 0.717) is 6.04 Å². The molecular formula is C14H20FN. The van der Waals surface area contributed by atoms with Gasteiger partial charge in [0.15, 0.2) is 0 Å². The van der Waals surface area contributed by atoms with Gasteiger partial charge < -0.3 is 0 Å². The fourth-order valence-electron chi connectivity index (χ4n) is 2.56. The maximum Gasteiger partial charge on any atom is 0.123 e. The lowest BCUT2D eigenvalue weighted by atomic mass is 9.99. The number of nitrogens with zero attached hydrogens (tertiary/aromatic N) is 1. The monoisotopic (exact) mass is 221 g/mol. The fourth-order valence-corrected chi connectivity index (χ4v) is 2.56. The molecule has 0 bridgehead atoms. The second-order valence-corrected chi connectivity index (χ2v) is 4.77. The third-order valence-electron chi connectivity index (χ3n) is 3.63. The molecule has 1 heterocycles. The highest BCUT2D eigenvalue weighted by Gasteiger charge is 2.19. The minimum absolute atomic E-state index is 0.121. The Morgan fingerprint density at radius 1 is 1.19 bits per heavy atom. The van der Waals surface area contributed by atoms with Gasteiger partial charge in [0.2, 0.25) is 0 Å². The van der Waals surface area contributed by atoms with E-state index in [1.165, 1.54) is 24.8 Å². The molecule has 0 aromatic heterocycles. The van der Waals surface area contributed by atoms with Gasteiger partial charge in [-0.15, -0.1) is 0 Å². The van der Waals surface area contributed by atoms with Crippen molar-refractivity contribution in [2.24, 2.45) is 0 Å². The Bertz CT molecular complexity index is 356. The van der Waals surface area contributed by atoms with Crippen LogP contribution in [0.25, 0.3) is 0 Å². The highest BCUT2D eigenvalue weighted by Crippen LogP contribution is 2.26. The summed E-state index contributed by atoms with van der Waals surface area (Å²) in [5.74, 6) is -0.121. The van der Waals surface area contributed by atoms with Crippen molar-refractivity contribution in [3.63, 3.8) is 0 Å². The van der Waals surface area contributed by atoms with Crippen molar-refractivity contribution < 1.29 is 4.39 Å². The first-order chi connectivity index (χ1) is 7.68. The maximum absolute atomic E-state index is 13.3. The van der Waals surface area contributed by atoms with Gasteiger partial charge >= 0.3 is 0 Å².